The fraction of sp³-hybridized carbons (Fsp3) is 0.818. The summed E-state index contributed by atoms with van der Waals surface area (Å²) in [7, 11) is 0. The van der Waals surface area contributed by atoms with Crippen molar-refractivity contribution in [2.24, 2.45) is 5.73 Å². The molecule has 5 heteroatoms. The molecule has 1 unspecified atom stereocenters. The first-order chi connectivity index (χ1) is 7.43. The fourth-order valence-electron chi connectivity index (χ4n) is 1.15. The molecule has 2 N–H and O–H groups in total. The number of nitrogens with zero attached hydrogens (tertiary/aromatic N) is 2. The SMILES string of the molecule is CC(CCN)SCc1noc(C(C)(C)C)n1. The zero-order chi connectivity index (χ0) is 12.2. The molecule has 0 aliphatic heterocycles. The number of aromatic nitrogens is 2. The van der Waals surface area contributed by atoms with E-state index < -0.39 is 0 Å². The van der Waals surface area contributed by atoms with E-state index in [0.29, 0.717) is 11.1 Å². The molecule has 0 radical (unpaired) electrons. The van der Waals surface area contributed by atoms with Crippen molar-refractivity contribution in [2.45, 2.75) is 50.5 Å². The Morgan fingerprint density at radius 1 is 1.44 bits per heavy atom. The van der Waals surface area contributed by atoms with Gasteiger partial charge in [-0.3, -0.25) is 0 Å². The van der Waals surface area contributed by atoms with Gasteiger partial charge in [0, 0.05) is 10.7 Å². The number of hydrogen-bond donors (Lipinski definition) is 1. The second kappa shape index (κ2) is 5.68. The second-order valence-corrected chi connectivity index (χ2v) is 6.39. The molecule has 1 heterocycles. The van der Waals surface area contributed by atoms with E-state index in [4.69, 9.17) is 10.3 Å². The normalized spacial score (nSPS) is 14.1. The highest BCUT2D eigenvalue weighted by Crippen LogP contribution is 2.22. The van der Waals surface area contributed by atoms with E-state index >= 15 is 0 Å². The Kier molecular flexibility index (Phi) is 4.80. The first-order valence-electron chi connectivity index (χ1n) is 5.58. The van der Waals surface area contributed by atoms with Crippen molar-refractivity contribution in [3.8, 4) is 0 Å². The van der Waals surface area contributed by atoms with Crippen molar-refractivity contribution >= 4 is 11.8 Å². The minimum atomic E-state index is -0.0706. The summed E-state index contributed by atoms with van der Waals surface area (Å²) in [4.78, 5) is 4.38. The molecule has 0 fully saturated rings. The highest BCUT2D eigenvalue weighted by molar-refractivity contribution is 7.99. The van der Waals surface area contributed by atoms with Crippen LogP contribution in [0.2, 0.25) is 0 Å². The summed E-state index contributed by atoms with van der Waals surface area (Å²) in [6.45, 7) is 9.09. The minimum absolute atomic E-state index is 0.0706. The predicted molar refractivity (Wildman–Crippen MR) is 67.4 cm³/mol. The van der Waals surface area contributed by atoms with Gasteiger partial charge in [0.15, 0.2) is 5.82 Å². The lowest BCUT2D eigenvalue weighted by molar-refractivity contribution is 0.319. The average Bonchev–Trinajstić information content (AvgIpc) is 2.63. The molecule has 1 atom stereocenters. The summed E-state index contributed by atoms with van der Waals surface area (Å²) in [5.41, 5.74) is 5.43. The quantitative estimate of drug-likeness (QED) is 0.860. The summed E-state index contributed by atoms with van der Waals surface area (Å²) >= 11 is 1.81. The van der Waals surface area contributed by atoms with Crippen LogP contribution in [-0.4, -0.2) is 21.9 Å². The molecule has 16 heavy (non-hydrogen) atoms. The maximum atomic E-state index is 5.50. The van der Waals surface area contributed by atoms with Gasteiger partial charge in [-0.15, -0.1) is 0 Å². The van der Waals surface area contributed by atoms with E-state index in [9.17, 15) is 0 Å². The van der Waals surface area contributed by atoms with Gasteiger partial charge in [-0.2, -0.15) is 16.7 Å². The Balaban J connectivity index is 2.47. The lowest BCUT2D eigenvalue weighted by Gasteiger charge is -2.10. The van der Waals surface area contributed by atoms with E-state index in [-0.39, 0.29) is 5.41 Å². The minimum Gasteiger partial charge on any atom is -0.339 e. The Hall–Kier alpha value is -0.550. The van der Waals surface area contributed by atoms with Gasteiger partial charge in [-0.05, 0) is 13.0 Å². The Morgan fingerprint density at radius 3 is 2.62 bits per heavy atom. The lowest BCUT2D eigenvalue weighted by atomic mass is 9.97. The molecule has 1 rings (SSSR count). The van der Waals surface area contributed by atoms with Crippen LogP contribution in [0.25, 0.3) is 0 Å². The van der Waals surface area contributed by atoms with Gasteiger partial charge in [0.2, 0.25) is 5.89 Å². The molecular formula is C11H21N3OS. The van der Waals surface area contributed by atoms with Gasteiger partial charge in [0.05, 0.1) is 5.75 Å². The summed E-state index contributed by atoms with van der Waals surface area (Å²) in [6.07, 6.45) is 1.02. The lowest BCUT2D eigenvalue weighted by Crippen LogP contribution is -2.11. The molecule has 0 aromatic carbocycles. The van der Waals surface area contributed by atoms with Gasteiger partial charge in [0.25, 0.3) is 0 Å². The zero-order valence-electron chi connectivity index (χ0n) is 10.5. The molecular weight excluding hydrogens is 222 g/mol. The first-order valence-corrected chi connectivity index (χ1v) is 6.63. The molecule has 1 aromatic rings. The van der Waals surface area contributed by atoms with Crippen LogP contribution < -0.4 is 5.73 Å². The monoisotopic (exact) mass is 243 g/mol. The Bertz CT molecular complexity index is 319. The smallest absolute Gasteiger partial charge is 0.232 e. The third-order valence-corrected chi connectivity index (χ3v) is 3.41. The molecule has 4 nitrogen and oxygen atoms in total. The molecule has 0 saturated carbocycles. The van der Waals surface area contributed by atoms with Crippen molar-refractivity contribution in [2.75, 3.05) is 6.54 Å². The zero-order valence-corrected chi connectivity index (χ0v) is 11.3. The number of rotatable bonds is 5. The first kappa shape index (κ1) is 13.5. The van der Waals surface area contributed by atoms with Crippen LogP contribution in [0.15, 0.2) is 4.52 Å². The summed E-state index contributed by atoms with van der Waals surface area (Å²) < 4.78 is 5.22. The Labute approximate surface area is 101 Å². The molecule has 0 aliphatic carbocycles. The highest BCUT2D eigenvalue weighted by Gasteiger charge is 2.21. The van der Waals surface area contributed by atoms with Crippen LogP contribution in [0, 0.1) is 0 Å². The summed E-state index contributed by atoms with van der Waals surface area (Å²) in [5, 5.41) is 4.52. The largest absolute Gasteiger partial charge is 0.339 e. The van der Waals surface area contributed by atoms with Gasteiger partial charge < -0.3 is 10.3 Å². The van der Waals surface area contributed by atoms with E-state index in [0.717, 1.165) is 24.5 Å². The van der Waals surface area contributed by atoms with Crippen LogP contribution in [-0.2, 0) is 11.2 Å². The maximum Gasteiger partial charge on any atom is 0.232 e. The third-order valence-electron chi connectivity index (χ3n) is 2.18. The summed E-state index contributed by atoms with van der Waals surface area (Å²) in [5.74, 6) is 2.27. The van der Waals surface area contributed by atoms with Gasteiger partial charge in [-0.25, -0.2) is 0 Å². The van der Waals surface area contributed by atoms with Crippen LogP contribution in [0.3, 0.4) is 0 Å². The van der Waals surface area contributed by atoms with Crippen LogP contribution in [0.5, 0.6) is 0 Å². The highest BCUT2D eigenvalue weighted by atomic mass is 32.2. The van der Waals surface area contributed by atoms with Gasteiger partial charge >= 0.3 is 0 Å². The molecule has 92 valence electrons. The molecule has 0 saturated heterocycles. The van der Waals surface area contributed by atoms with Crippen LogP contribution in [0.4, 0.5) is 0 Å². The van der Waals surface area contributed by atoms with E-state index in [1.807, 2.05) is 11.8 Å². The molecule has 1 aromatic heterocycles. The Morgan fingerprint density at radius 2 is 2.12 bits per heavy atom. The van der Waals surface area contributed by atoms with Crippen LogP contribution in [0.1, 0.15) is 45.8 Å². The van der Waals surface area contributed by atoms with Crippen molar-refractivity contribution in [3.63, 3.8) is 0 Å². The average molecular weight is 243 g/mol. The number of hydrogen-bond acceptors (Lipinski definition) is 5. The number of nitrogens with two attached hydrogens (primary N) is 1. The third kappa shape index (κ3) is 4.14. The maximum absolute atomic E-state index is 5.50. The van der Waals surface area contributed by atoms with Crippen LogP contribution >= 0.6 is 11.8 Å². The summed E-state index contributed by atoms with van der Waals surface area (Å²) in [6, 6.07) is 0. The van der Waals surface area contributed by atoms with Crippen molar-refractivity contribution < 1.29 is 4.52 Å². The van der Waals surface area contributed by atoms with Gasteiger partial charge in [-0.1, -0.05) is 32.9 Å². The molecule has 0 aliphatic rings. The van der Waals surface area contributed by atoms with Crippen molar-refractivity contribution in [1.29, 1.82) is 0 Å². The topological polar surface area (TPSA) is 64.9 Å². The fourth-order valence-corrected chi connectivity index (χ4v) is 2.01. The predicted octanol–water partition coefficient (Wildman–Crippen LogP) is 2.34. The van der Waals surface area contributed by atoms with Gasteiger partial charge in [0.1, 0.15) is 0 Å². The molecule has 0 spiro atoms. The van der Waals surface area contributed by atoms with E-state index in [1.54, 1.807) is 0 Å². The standard InChI is InChI=1S/C11H21N3OS/c1-8(5-6-12)16-7-9-13-10(15-14-9)11(2,3)4/h8H,5-7,12H2,1-4H3. The number of thioether (sulfide) groups is 1. The van der Waals surface area contributed by atoms with Crippen molar-refractivity contribution in [3.05, 3.63) is 11.7 Å². The van der Waals surface area contributed by atoms with E-state index in [2.05, 4.69) is 37.8 Å². The molecule has 0 amide bonds. The second-order valence-electron chi connectivity index (χ2n) is 4.96. The van der Waals surface area contributed by atoms with E-state index in [1.165, 1.54) is 0 Å². The molecule has 0 bridgehead atoms. The van der Waals surface area contributed by atoms with Crippen molar-refractivity contribution in [1.82, 2.24) is 10.1 Å².